The molecule has 1 heterocycles. The van der Waals surface area contributed by atoms with Crippen molar-refractivity contribution in [3.05, 3.63) is 0 Å². The molecule has 0 spiro atoms. The lowest BCUT2D eigenvalue weighted by Crippen LogP contribution is -2.48. The van der Waals surface area contributed by atoms with Crippen LogP contribution in [0.25, 0.3) is 0 Å². The van der Waals surface area contributed by atoms with Crippen molar-refractivity contribution in [2.45, 2.75) is 24.9 Å². The van der Waals surface area contributed by atoms with E-state index in [4.69, 9.17) is 10.8 Å². The van der Waals surface area contributed by atoms with Gasteiger partial charge in [-0.3, -0.25) is 4.79 Å². The van der Waals surface area contributed by atoms with Gasteiger partial charge in [-0.25, -0.2) is 12.7 Å². The molecular weight excluding hydrogens is 258 g/mol. The van der Waals surface area contributed by atoms with E-state index in [2.05, 4.69) is 4.90 Å². The van der Waals surface area contributed by atoms with Gasteiger partial charge in [0.25, 0.3) is 0 Å². The van der Waals surface area contributed by atoms with Gasteiger partial charge in [0.15, 0.2) is 0 Å². The molecule has 0 radical (unpaired) electrons. The fourth-order valence-corrected chi connectivity index (χ4v) is 3.61. The van der Waals surface area contributed by atoms with E-state index in [0.717, 1.165) is 12.8 Å². The highest BCUT2D eigenvalue weighted by molar-refractivity contribution is 7.89. The van der Waals surface area contributed by atoms with Crippen molar-refractivity contribution in [3.8, 4) is 0 Å². The topological polar surface area (TPSA) is 104 Å². The molecule has 0 bridgehead atoms. The van der Waals surface area contributed by atoms with Crippen LogP contribution in [0.15, 0.2) is 0 Å². The summed E-state index contributed by atoms with van der Waals surface area (Å²) in [4.78, 5) is 12.7. The maximum Gasteiger partial charge on any atom is 0.321 e. The largest absolute Gasteiger partial charge is 0.480 e. The minimum atomic E-state index is -3.57. The first kappa shape index (κ1) is 15.4. The van der Waals surface area contributed by atoms with Crippen molar-refractivity contribution in [2.24, 2.45) is 5.73 Å². The molecule has 0 saturated carbocycles. The first-order valence-electron chi connectivity index (χ1n) is 5.86. The third-order valence-electron chi connectivity index (χ3n) is 3.25. The minimum absolute atomic E-state index is 0.379. The number of carboxylic acid groups (broad SMARTS) is 1. The third kappa shape index (κ3) is 3.91. The Balaban J connectivity index is 2.58. The van der Waals surface area contributed by atoms with Crippen LogP contribution in [0.5, 0.6) is 0 Å². The van der Waals surface area contributed by atoms with Crippen molar-refractivity contribution >= 4 is 16.0 Å². The van der Waals surface area contributed by atoms with Crippen molar-refractivity contribution in [1.29, 1.82) is 0 Å². The van der Waals surface area contributed by atoms with Gasteiger partial charge in [0.05, 0.1) is 5.75 Å². The molecule has 8 heteroatoms. The Hall–Kier alpha value is -0.700. The van der Waals surface area contributed by atoms with Crippen molar-refractivity contribution in [1.82, 2.24) is 9.21 Å². The van der Waals surface area contributed by atoms with Crippen LogP contribution < -0.4 is 5.73 Å². The van der Waals surface area contributed by atoms with Gasteiger partial charge >= 0.3 is 5.97 Å². The Labute approximate surface area is 108 Å². The molecule has 0 aliphatic carbocycles. The molecule has 1 fully saturated rings. The predicted octanol–water partition coefficient (Wildman–Crippen LogP) is -1.25. The fourth-order valence-electron chi connectivity index (χ4n) is 2.04. The molecular formula is C10H21N3O4S. The van der Waals surface area contributed by atoms with Crippen LogP contribution in [0.3, 0.4) is 0 Å². The Morgan fingerprint density at radius 2 is 1.94 bits per heavy atom. The van der Waals surface area contributed by atoms with Crippen molar-refractivity contribution < 1.29 is 18.3 Å². The van der Waals surface area contributed by atoms with E-state index in [-0.39, 0.29) is 0 Å². The molecule has 0 amide bonds. The Morgan fingerprint density at radius 3 is 2.33 bits per heavy atom. The third-order valence-corrected chi connectivity index (χ3v) is 5.19. The molecule has 1 unspecified atom stereocenters. The Morgan fingerprint density at radius 1 is 1.44 bits per heavy atom. The second-order valence-electron chi connectivity index (χ2n) is 4.82. The summed E-state index contributed by atoms with van der Waals surface area (Å²) in [6, 6.07) is -0.980. The highest BCUT2D eigenvalue weighted by Crippen LogP contribution is 2.17. The highest BCUT2D eigenvalue weighted by Gasteiger charge is 2.31. The summed E-state index contributed by atoms with van der Waals surface area (Å²) in [7, 11) is 0.367. The van der Waals surface area contributed by atoms with E-state index < -0.39 is 27.8 Å². The normalized spacial score (nSPS) is 21.1. The smallest absolute Gasteiger partial charge is 0.321 e. The van der Waals surface area contributed by atoms with E-state index in [1.807, 2.05) is 14.1 Å². The van der Waals surface area contributed by atoms with E-state index >= 15 is 0 Å². The Bertz CT molecular complexity index is 388. The zero-order valence-corrected chi connectivity index (χ0v) is 11.6. The average Bonchev–Trinajstić information content (AvgIpc) is 2.28. The molecule has 106 valence electrons. The number of nitrogens with two attached hydrogens (primary N) is 1. The van der Waals surface area contributed by atoms with Crippen LogP contribution in [0, 0.1) is 0 Å². The van der Waals surface area contributed by atoms with Gasteiger partial charge in [0, 0.05) is 19.1 Å². The lowest BCUT2D eigenvalue weighted by atomic mass is 10.1. The lowest BCUT2D eigenvalue weighted by molar-refractivity contribution is -0.137. The average molecular weight is 279 g/mol. The molecule has 1 atom stereocenters. The van der Waals surface area contributed by atoms with Crippen LogP contribution in [0.1, 0.15) is 12.8 Å². The number of nitrogens with zero attached hydrogens (tertiary/aromatic N) is 2. The van der Waals surface area contributed by atoms with Crippen LogP contribution in [-0.4, -0.2) is 73.7 Å². The molecule has 3 N–H and O–H groups in total. The van der Waals surface area contributed by atoms with Gasteiger partial charge in [-0.05, 0) is 26.9 Å². The highest BCUT2D eigenvalue weighted by atomic mass is 32.2. The molecule has 1 rings (SSSR count). The second kappa shape index (κ2) is 5.96. The number of sulfonamides is 1. The SMILES string of the molecule is CN(C)C1CCN(S(=O)(=O)CC(N)C(=O)O)CC1. The first-order chi connectivity index (χ1) is 8.24. The van der Waals surface area contributed by atoms with Gasteiger partial charge in [0.2, 0.25) is 10.0 Å². The predicted molar refractivity (Wildman–Crippen MR) is 67.7 cm³/mol. The number of piperidine rings is 1. The van der Waals surface area contributed by atoms with E-state index in [9.17, 15) is 13.2 Å². The van der Waals surface area contributed by atoms with Gasteiger partial charge < -0.3 is 15.7 Å². The van der Waals surface area contributed by atoms with Crippen LogP contribution in [0.4, 0.5) is 0 Å². The maximum absolute atomic E-state index is 11.9. The quantitative estimate of drug-likeness (QED) is 0.652. The summed E-state index contributed by atoms with van der Waals surface area (Å²) in [6.45, 7) is 0.856. The van der Waals surface area contributed by atoms with Gasteiger partial charge in [-0.1, -0.05) is 0 Å². The van der Waals surface area contributed by atoms with E-state index in [1.54, 1.807) is 0 Å². The summed E-state index contributed by atoms with van der Waals surface area (Å²) >= 11 is 0. The van der Waals surface area contributed by atoms with Gasteiger partial charge in [0.1, 0.15) is 6.04 Å². The van der Waals surface area contributed by atoms with Gasteiger partial charge in [-0.15, -0.1) is 0 Å². The summed E-state index contributed by atoms with van der Waals surface area (Å²) in [6.07, 6.45) is 1.52. The number of hydrogen-bond acceptors (Lipinski definition) is 5. The molecule has 1 saturated heterocycles. The van der Waals surface area contributed by atoms with Crippen molar-refractivity contribution in [3.63, 3.8) is 0 Å². The molecule has 7 nitrogen and oxygen atoms in total. The zero-order chi connectivity index (χ0) is 13.9. The summed E-state index contributed by atoms with van der Waals surface area (Å²) < 4.78 is 25.2. The van der Waals surface area contributed by atoms with Crippen LogP contribution in [-0.2, 0) is 14.8 Å². The number of aliphatic carboxylic acids is 1. The van der Waals surface area contributed by atoms with Crippen LogP contribution in [0.2, 0.25) is 0 Å². The fraction of sp³-hybridized carbons (Fsp3) is 0.900. The molecule has 0 aromatic carbocycles. The van der Waals surface area contributed by atoms with E-state index in [0.29, 0.717) is 19.1 Å². The molecule has 1 aliphatic rings. The monoisotopic (exact) mass is 279 g/mol. The van der Waals surface area contributed by atoms with Crippen molar-refractivity contribution in [2.75, 3.05) is 32.9 Å². The first-order valence-corrected chi connectivity index (χ1v) is 7.47. The molecule has 1 aliphatic heterocycles. The standard InChI is InChI=1S/C10H21N3O4S/c1-12(2)8-3-5-13(6-4-8)18(16,17)7-9(11)10(14)15/h8-9H,3-7,11H2,1-2H3,(H,14,15). The number of carboxylic acids is 1. The summed E-state index contributed by atoms with van der Waals surface area (Å²) in [5.41, 5.74) is 5.27. The lowest BCUT2D eigenvalue weighted by Gasteiger charge is -2.34. The molecule has 0 aromatic rings. The summed E-state index contributed by atoms with van der Waals surface area (Å²) in [5, 5.41) is 8.64. The zero-order valence-electron chi connectivity index (χ0n) is 10.7. The Kier molecular flexibility index (Phi) is 5.09. The molecule has 0 aromatic heterocycles. The van der Waals surface area contributed by atoms with Gasteiger partial charge in [-0.2, -0.15) is 0 Å². The number of carbonyl (C=O) groups is 1. The van der Waals surface area contributed by atoms with E-state index in [1.165, 1.54) is 4.31 Å². The summed E-state index contributed by atoms with van der Waals surface area (Å²) in [5.74, 6) is -1.82. The van der Waals surface area contributed by atoms with Crippen LogP contribution >= 0.6 is 0 Å². The minimum Gasteiger partial charge on any atom is -0.480 e. The number of hydrogen-bond donors (Lipinski definition) is 2. The maximum atomic E-state index is 11.9. The number of rotatable bonds is 5. The second-order valence-corrected chi connectivity index (χ2v) is 6.83. The molecule has 18 heavy (non-hydrogen) atoms.